The van der Waals surface area contributed by atoms with Crippen LogP contribution in [-0.2, 0) is 11.3 Å². The number of hydrogen-bond acceptors (Lipinski definition) is 4. The molecule has 0 spiro atoms. The molecule has 0 saturated carbocycles. The molecule has 0 unspecified atom stereocenters. The zero-order chi connectivity index (χ0) is 18.3. The van der Waals surface area contributed by atoms with Gasteiger partial charge in [-0.1, -0.05) is 41.9 Å². The van der Waals surface area contributed by atoms with Gasteiger partial charge >= 0.3 is 5.97 Å². The van der Waals surface area contributed by atoms with Crippen LogP contribution in [0.5, 0.6) is 5.75 Å². The van der Waals surface area contributed by atoms with E-state index in [1.807, 2.05) is 33.7 Å². The molecule has 0 saturated heterocycles. The molecule has 2 aromatic carbocycles. The van der Waals surface area contributed by atoms with Gasteiger partial charge in [-0.05, 0) is 30.7 Å². The normalized spacial score (nSPS) is 13.5. The van der Waals surface area contributed by atoms with Gasteiger partial charge in [0.1, 0.15) is 5.52 Å². The van der Waals surface area contributed by atoms with Crippen molar-refractivity contribution >= 4 is 51.8 Å². The van der Waals surface area contributed by atoms with Crippen LogP contribution in [0.4, 0.5) is 11.6 Å². The lowest BCUT2D eigenvalue weighted by Crippen LogP contribution is -2.28. The molecule has 1 aliphatic heterocycles. The van der Waals surface area contributed by atoms with Gasteiger partial charge in [-0.15, -0.1) is 0 Å². The number of carbonyl (C=O) groups is 1. The third-order valence-corrected chi connectivity index (χ3v) is 4.91. The van der Waals surface area contributed by atoms with Gasteiger partial charge in [-0.3, -0.25) is 0 Å². The van der Waals surface area contributed by atoms with E-state index in [0.29, 0.717) is 15.8 Å². The zero-order valence-corrected chi connectivity index (χ0v) is 15.3. The number of fused-ring (bicyclic) bond motifs is 3. The Bertz CT molecular complexity index is 1010. The number of imidazole rings is 1. The molecule has 1 aliphatic rings. The van der Waals surface area contributed by atoms with Crippen molar-refractivity contribution in [3.63, 3.8) is 0 Å². The second-order valence-corrected chi connectivity index (χ2v) is 6.70. The fourth-order valence-corrected chi connectivity index (χ4v) is 3.84. The number of hydrogen-bond donors (Lipinski definition) is 0. The van der Waals surface area contributed by atoms with Crippen molar-refractivity contribution in [3.8, 4) is 5.75 Å². The molecule has 26 heavy (non-hydrogen) atoms. The highest BCUT2D eigenvalue weighted by Gasteiger charge is 2.27. The van der Waals surface area contributed by atoms with Crippen LogP contribution in [0.15, 0.2) is 49.1 Å². The molecule has 7 heteroatoms. The molecule has 4 rings (SSSR count). The maximum absolute atomic E-state index is 11.7. The number of aromatic nitrogens is 2. The number of halogens is 2. The van der Waals surface area contributed by atoms with Crippen LogP contribution in [0.1, 0.15) is 6.42 Å². The van der Waals surface area contributed by atoms with Gasteiger partial charge in [0.05, 0.1) is 21.2 Å². The molecule has 132 valence electrons. The van der Waals surface area contributed by atoms with Crippen molar-refractivity contribution in [2.24, 2.45) is 0 Å². The van der Waals surface area contributed by atoms with E-state index in [9.17, 15) is 4.79 Å². The number of benzene rings is 2. The van der Waals surface area contributed by atoms with Gasteiger partial charge < -0.3 is 14.2 Å². The number of rotatable bonds is 3. The molecule has 1 aromatic heterocycles. The summed E-state index contributed by atoms with van der Waals surface area (Å²) in [5.74, 6) is 0.677. The summed E-state index contributed by atoms with van der Waals surface area (Å²) in [5, 5.41) is 1.13. The van der Waals surface area contributed by atoms with E-state index >= 15 is 0 Å². The van der Waals surface area contributed by atoms with Crippen LogP contribution in [0.2, 0.25) is 10.0 Å². The summed E-state index contributed by atoms with van der Waals surface area (Å²) < 4.78 is 7.43. The van der Waals surface area contributed by atoms with Crippen LogP contribution in [0.3, 0.4) is 0 Å². The molecule has 0 radical (unpaired) electrons. The third kappa shape index (κ3) is 2.73. The highest BCUT2D eigenvalue weighted by Crippen LogP contribution is 2.41. The molecular formula is C19H15Cl2N3O2. The average Bonchev–Trinajstić information content (AvgIpc) is 3.02. The Morgan fingerprint density at radius 2 is 1.88 bits per heavy atom. The van der Waals surface area contributed by atoms with Crippen LogP contribution in [0.25, 0.3) is 11.0 Å². The largest absolute Gasteiger partial charge is 0.421 e. The van der Waals surface area contributed by atoms with Crippen molar-refractivity contribution in [1.29, 1.82) is 0 Å². The quantitative estimate of drug-likeness (QED) is 0.361. The fourth-order valence-electron chi connectivity index (χ4n) is 3.24. The highest BCUT2D eigenvalue weighted by molar-refractivity contribution is 6.39. The lowest BCUT2D eigenvalue weighted by Gasteiger charge is -2.30. The van der Waals surface area contributed by atoms with E-state index in [0.717, 1.165) is 48.3 Å². The smallest absolute Gasteiger partial charge is 0.335 e. The van der Waals surface area contributed by atoms with E-state index in [1.54, 1.807) is 12.1 Å². The Labute approximate surface area is 160 Å². The van der Waals surface area contributed by atoms with E-state index in [-0.39, 0.29) is 0 Å². The van der Waals surface area contributed by atoms with Crippen molar-refractivity contribution in [1.82, 2.24) is 9.55 Å². The van der Waals surface area contributed by atoms with Crippen molar-refractivity contribution in [2.45, 2.75) is 13.0 Å². The predicted octanol–water partition coefficient (Wildman–Crippen LogP) is 4.98. The first-order chi connectivity index (χ1) is 12.6. The van der Waals surface area contributed by atoms with Crippen molar-refractivity contribution < 1.29 is 9.53 Å². The first-order valence-electron chi connectivity index (χ1n) is 8.15. The molecule has 0 amide bonds. The Morgan fingerprint density at radius 1 is 1.15 bits per heavy atom. The minimum Gasteiger partial charge on any atom is -0.421 e. The second kappa shape index (κ2) is 6.67. The summed E-state index contributed by atoms with van der Waals surface area (Å²) in [7, 11) is 0. The standard InChI is InChI=1S/C19H15Cl2N3O2/c1-2-16(25)26-15-9-4-8-14-18(15)24-11-5-10-23(19(24)22-14)17-12(20)6-3-7-13(17)21/h2-4,6-9H,1,5,10-11H2. The minimum absolute atomic E-state index is 0.457. The zero-order valence-electron chi connectivity index (χ0n) is 13.8. The first-order valence-corrected chi connectivity index (χ1v) is 8.91. The van der Waals surface area contributed by atoms with Crippen molar-refractivity contribution in [3.05, 3.63) is 59.1 Å². The van der Waals surface area contributed by atoms with E-state index in [1.165, 1.54) is 0 Å². The topological polar surface area (TPSA) is 47.4 Å². The third-order valence-electron chi connectivity index (χ3n) is 4.30. The van der Waals surface area contributed by atoms with Gasteiger partial charge in [0, 0.05) is 19.2 Å². The lowest BCUT2D eigenvalue weighted by atomic mass is 10.2. The van der Waals surface area contributed by atoms with E-state index < -0.39 is 5.97 Å². The molecule has 0 N–H and O–H groups in total. The summed E-state index contributed by atoms with van der Waals surface area (Å²) in [4.78, 5) is 18.4. The average molecular weight is 388 g/mol. The number of nitrogens with zero attached hydrogens (tertiary/aromatic N) is 3. The first kappa shape index (κ1) is 16.9. The van der Waals surface area contributed by atoms with Crippen LogP contribution in [0, 0.1) is 0 Å². The lowest BCUT2D eigenvalue weighted by molar-refractivity contribution is -0.128. The highest BCUT2D eigenvalue weighted by atomic mass is 35.5. The summed E-state index contributed by atoms with van der Waals surface area (Å²) in [6.45, 7) is 4.95. The molecule has 3 aromatic rings. The van der Waals surface area contributed by atoms with Crippen LogP contribution in [-0.4, -0.2) is 22.1 Å². The SMILES string of the molecule is C=CC(=O)Oc1cccc2nc3n(c12)CCCN3c1c(Cl)cccc1Cl. The molecule has 0 bridgehead atoms. The molecule has 5 nitrogen and oxygen atoms in total. The van der Waals surface area contributed by atoms with Gasteiger partial charge in [-0.2, -0.15) is 0 Å². The molecular weight excluding hydrogens is 373 g/mol. The number of anilines is 2. The van der Waals surface area contributed by atoms with E-state index in [4.69, 9.17) is 32.9 Å². The molecule has 0 fully saturated rings. The summed E-state index contributed by atoms with van der Waals surface area (Å²) in [6.07, 6.45) is 2.02. The van der Waals surface area contributed by atoms with Crippen LogP contribution < -0.4 is 9.64 Å². The Kier molecular flexibility index (Phi) is 4.34. The van der Waals surface area contributed by atoms with Gasteiger partial charge in [0.15, 0.2) is 5.75 Å². The summed E-state index contributed by atoms with van der Waals surface area (Å²) in [6, 6.07) is 10.9. The Hall–Kier alpha value is -2.50. The second-order valence-electron chi connectivity index (χ2n) is 5.89. The fraction of sp³-hybridized carbons (Fsp3) is 0.158. The van der Waals surface area contributed by atoms with Gasteiger partial charge in [-0.25, -0.2) is 9.78 Å². The monoisotopic (exact) mass is 387 g/mol. The number of carbonyl (C=O) groups excluding carboxylic acids is 1. The number of ether oxygens (including phenoxy) is 1. The Morgan fingerprint density at radius 3 is 2.62 bits per heavy atom. The van der Waals surface area contributed by atoms with Gasteiger partial charge in [0.2, 0.25) is 5.95 Å². The Balaban J connectivity index is 1.90. The summed E-state index contributed by atoms with van der Waals surface area (Å²) >= 11 is 12.8. The van der Waals surface area contributed by atoms with Gasteiger partial charge in [0.25, 0.3) is 0 Å². The number of aryl methyl sites for hydroxylation is 1. The minimum atomic E-state index is -0.505. The van der Waals surface area contributed by atoms with Crippen molar-refractivity contribution in [2.75, 3.05) is 11.4 Å². The molecule has 2 heterocycles. The number of para-hydroxylation sites is 2. The summed E-state index contributed by atoms with van der Waals surface area (Å²) in [5.41, 5.74) is 2.24. The maximum Gasteiger partial charge on any atom is 0.335 e. The van der Waals surface area contributed by atoms with Crippen LogP contribution >= 0.6 is 23.2 Å². The number of esters is 1. The predicted molar refractivity (Wildman–Crippen MR) is 104 cm³/mol. The maximum atomic E-state index is 11.7. The molecule has 0 atom stereocenters. The van der Waals surface area contributed by atoms with E-state index in [2.05, 4.69) is 6.58 Å². The molecule has 0 aliphatic carbocycles.